The van der Waals surface area contributed by atoms with E-state index in [2.05, 4.69) is 20.2 Å². The third kappa shape index (κ3) is 2.44. The van der Waals surface area contributed by atoms with Crippen LogP contribution in [0.2, 0.25) is 5.02 Å². The summed E-state index contributed by atoms with van der Waals surface area (Å²) in [4.78, 5) is 8.38. The van der Waals surface area contributed by atoms with Gasteiger partial charge in [-0.05, 0) is 6.07 Å². The van der Waals surface area contributed by atoms with Crippen LogP contribution in [0.3, 0.4) is 0 Å². The monoisotopic (exact) mass is 268 g/mol. The molecule has 5 heteroatoms. The van der Waals surface area contributed by atoms with E-state index < -0.39 is 0 Å². The van der Waals surface area contributed by atoms with Gasteiger partial charge in [0.2, 0.25) is 0 Å². The van der Waals surface area contributed by atoms with E-state index in [-0.39, 0.29) is 0 Å². The minimum atomic E-state index is 0.558. The first kappa shape index (κ1) is 11.7. The van der Waals surface area contributed by atoms with Crippen LogP contribution in [-0.2, 0) is 0 Å². The summed E-state index contributed by atoms with van der Waals surface area (Å²) in [5, 5.41) is 8.56. The number of rotatable bonds is 2. The molecule has 3 rings (SSSR count). The molecule has 0 fully saturated rings. The van der Waals surface area contributed by atoms with Crippen molar-refractivity contribution < 1.29 is 0 Å². The van der Waals surface area contributed by atoms with Crippen LogP contribution in [0.25, 0.3) is 22.5 Å². The predicted molar refractivity (Wildman–Crippen MR) is 73.5 cm³/mol. The van der Waals surface area contributed by atoms with Crippen molar-refractivity contribution in [3.63, 3.8) is 0 Å². The molecule has 0 N–H and O–H groups in total. The molecular formula is C14H9ClN4. The van der Waals surface area contributed by atoms with Gasteiger partial charge in [0.15, 0.2) is 0 Å². The van der Waals surface area contributed by atoms with Crippen molar-refractivity contribution in [3.8, 4) is 22.5 Å². The Morgan fingerprint density at radius 2 is 1.74 bits per heavy atom. The molecule has 4 nitrogen and oxygen atoms in total. The molecule has 0 aliphatic heterocycles. The van der Waals surface area contributed by atoms with Crippen LogP contribution in [0, 0.1) is 0 Å². The average molecular weight is 269 g/mol. The molecule has 0 saturated heterocycles. The molecular weight excluding hydrogens is 260 g/mol. The fourth-order valence-electron chi connectivity index (χ4n) is 1.82. The number of pyridine rings is 1. The SMILES string of the molecule is Clc1cncc(-c2nncnc2-c2ccccc2)c1. The molecule has 0 atom stereocenters. The Balaban J connectivity index is 2.18. The normalized spacial score (nSPS) is 10.4. The van der Waals surface area contributed by atoms with E-state index in [1.807, 2.05) is 30.3 Å². The van der Waals surface area contributed by atoms with E-state index in [4.69, 9.17) is 11.6 Å². The summed E-state index contributed by atoms with van der Waals surface area (Å²) >= 11 is 5.96. The van der Waals surface area contributed by atoms with Crippen molar-refractivity contribution in [2.75, 3.05) is 0 Å². The van der Waals surface area contributed by atoms with Gasteiger partial charge >= 0.3 is 0 Å². The van der Waals surface area contributed by atoms with Gasteiger partial charge in [-0.3, -0.25) is 4.98 Å². The van der Waals surface area contributed by atoms with Gasteiger partial charge in [0.25, 0.3) is 0 Å². The minimum Gasteiger partial charge on any atom is -0.262 e. The minimum absolute atomic E-state index is 0.558. The standard InChI is InChI=1S/C14H9ClN4/c15-12-6-11(7-16-8-12)14-13(17-9-18-19-14)10-4-2-1-3-5-10/h1-9H. The van der Waals surface area contributed by atoms with E-state index in [0.717, 1.165) is 16.8 Å². The maximum Gasteiger partial charge on any atom is 0.138 e. The first-order chi connectivity index (χ1) is 9.34. The summed E-state index contributed by atoms with van der Waals surface area (Å²) in [6.45, 7) is 0. The third-order valence-corrected chi connectivity index (χ3v) is 2.85. The van der Waals surface area contributed by atoms with E-state index in [1.54, 1.807) is 18.5 Å². The molecule has 0 saturated carbocycles. The maximum absolute atomic E-state index is 5.96. The lowest BCUT2D eigenvalue weighted by atomic mass is 10.1. The molecule has 1 aromatic carbocycles. The predicted octanol–water partition coefficient (Wildman–Crippen LogP) is 3.25. The topological polar surface area (TPSA) is 51.6 Å². The van der Waals surface area contributed by atoms with Crippen LogP contribution < -0.4 is 0 Å². The van der Waals surface area contributed by atoms with Crippen molar-refractivity contribution in [3.05, 3.63) is 60.1 Å². The molecule has 92 valence electrons. The highest BCUT2D eigenvalue weighted by molar-refractivity contribution is 6.30. The van der Waals surface area contributed by atoms with Gasteiger partial charge in [0.05, 0.1) is 5.02 Å². The summed E-state index contributed by atoms with van der Waals surface area (Å²) < 4.78 is 0. The smallest absolute Gasteiger partial charge is 0.138 e. The van der Waals surface area contributed by atoms with Gasteiger partial charge in [-0.2, -0.15) is 0 Å². The van der Waals surface area contributed by atoms with Crippen molar-refractivity contribution in [1.82, 2.24) is 20.2 Å². The summed E-state index contributed by atoms with van der Waals surface area (Å²) in [5.41, 5.74) is 3.21. The van der Waals surface area contributed by atoms with Crippen molar-refractivity contribution in [2.45, 2.75) is 0 Å². The number of hydrogen-bond acceptors (Lipinski definition) is 4. The van der Waals surface area contributed by atoms with E-state index in [0.29, 0.717) is 10.7 Å². The van der Waals surface area contributed by atoms with Crippen LogP contribution in [0.5, 0.6) is 0 Å². The lowest BCUT2D eigenvalue weighted by molar-refractivity contribution is 0.979. The van der Waals surface area contributed by atoms with E-state index >= 15 is 0 Å². The number of nitrogens with zero attached hydrogens (tertiary/aromatic N) is 4. The number of aromatic nitrogens is 4. The van der Waals surface area contributed by atoms with Crippen molar-refractivity contribution >= 4 is 11.6 Å². The lowest BCUT2D eigenvalue weighted by Crippen LogP contribution is -1.95. The number of hydrogen-bond donors (Lipinski definition) is 0. The fraction of sp³-hybridized carbons (Fsp3) is 0. The molecule has 2 heterocycles. The Kier molecular flexibility index (Phi) is 3.16. The molecule has 0 amide bonds. The molecule has 0 radical (unpaired) electrons. The lowest BCUT2D eigenvalue weighted by Gasteiger charge is -2.06. The third-order valence-electron chi connectivity index (χ3n) is 2.65. The van der Waals surface area contributed by atoms with Crippen LogP contribution in [0.4, 0.5) is 0 Å². The second-order valence-corrected chi connectivity index (χ2v) is 4.35. The summed E-state index contributed by atoms with van der Waals surface area (Å²) in [6, 6.07) is 11.6. The van der Waals surface area contributed by atoms with Gasteiger partial charge in [-0.25, -0.2) is 4.98 Å². The quantitative estimate of drug-likeness (QED) is 0.716. The van der Waals surface area contributed by atoms with Crippen LogP contribution in [0.15, 0.2) is 55.1 Å². The zero-order valence-corrected chi connectivity index (χ0v) is 10.6. The molecule has 0 spiro atoms. The van der Waals surface area contributed by atoms with Gasteiger partial charge < -0.3 is 0 Å². The first-order valence-electron chi connectivity index (χ1n) is 5.68. The molecule has 0 aliphatic rings. The van der Waals surface area contributed by atoms with E-state index in [1.165, 1.54) is 6.33 Å². The van der Waals surface area contributed by atoms with Crippen LogP contribution in [0.1, 0.15) is 0 Å². The zero-order valence-electron chi connectivity index (χ0n) is 9.86. The second-order valence-electron chi connectivity index (χ2n) is 3.92. The van der Waals surface area contributed by atoms with E-state index in [9.17, 15) is 0 Å². The Morgan fingerprint density at radius 1 is 0.895 bits per heavy atom. The highest BCUT2D eigenvalue weighted by Gasteiger charge is 2.11. The Morgan fingerprint density at radius 3 is 2.53 bits per heavy atom. The Bertz CT molecular complexity index is 701. The highest BCUT2D eigenvalue weighted by atomic mass is 35.5. The molecule has 3 aromatic rings. The average Bonchev–Trinajstić information content (AvgIpc) is 2.48. The number of benzene rings is 1. The summed E-state index contributed by atoms with van der Waals surface area (Å²) in [6.07, 6.45) is 4.71. The van der Waals surface area contributed by atoms with Gasteiger partial charge in [0, 0.05) is 23.5 Å². The molecule has 0 aliphatic carbocycles. The highest BCUT2D eigenvalue weighted by Crippen LogP contribution is 2.28. The van der Waals surface area contributed by atoms with Crippen molar-refractivity contribution in [2.24, 2.45) is 0 Å². The fourth-order valence-corrected chi connectivity index (χ4v) is 1.99. The van der Waals surface area contributed by atoms with Crippen LogP contribution >= 0.6 is 11.6 Å². The van der Waals surface area contributed by atoms with Crippen LogP contribution in [-0.4, -0.2) is 20.2 Å². The number of halogens is 1. The second kappa shape index (κ2) is 5.12. The zero-order chi connectivity index (χ0) is 13.1. The largest absolute Gasteiger partial charge is 0.262 e. The molecule has 2 aromatic heterocycles. The summed E-state index contributed by atoms with van der Waals surface area (Å²) in [7, 11) is 0. The van der Waals surface area contributed by atoms with Crippen molar-refractivity contribution in [1.29, 1.82) is 0 Å². The van der Waals surface area contributed by atoms with Gasteiger partial charge in [-0.1, -0.05) is 41.9 Å². The molecule has 19 heavy (non-hydrogen) atoms. The van der Waals surface area contributed by atoms with Gasteiger partial charge in [0.1, 0.15) is 17.7 Å². The maximum atomic E-state index is 5.96. The molecule has 0 unspecified atom stereocenters. The summed E-state index contributed by atoms with van der Waals surface area (Å²) in [5.74, 6) is 0. The Hall–Kier alpha value is -2.33. The Labute approximate surface area is 115 Å². The molecule has 0 bridgehead atoms. The van der Waals surface area contributed by atoms with Gasteiger partial charge in [-0.15, -0.1) is 10.2 Å². The first-order valence-corrected chi connectivity index (χ1v) is 6.06.